The number of nitrogens with zero attached hydrogens (tertiary/aromatic N) is 4. The molecule has 12 rings (SSSR count). The Morgan fingerprint density at radius 1 is 0.361 bits per heavy atom. The highest BCUT2D eigenvalue weighted by molar-refractivity contribution is 7.25. The van der Waals surface area contributed by atoms with Gasteiger partial charge in [-0.3, -0.25) is 0 Å². The van der Waals surface area contributed by atoms with E-state index in [4.69, 9.17) is 19.4 Å². The number of hydrogen-bond acceptors (Lipinski definition) is 6. The van der Waals surface area contributed by atoms with Gasteiger partial charge in [-0.1, -0.05) is 152 Å². The number of furan rings is 1. The van der Waals surface area contributed by atoms with Crippen LogP contribution < -0.4 is 4.90 Å². The Morgan fingerprint density at radius 2 is 0.934 bits per heavy atom. The molecule has 0 bridgehead atoms. The lowest BCUT2D eigenvalue weighted by molar-refractivity contribution is 0.673. The van der Waals surface area contributed by atoms with E-state index < -0.39 is 0 Å². The molecule has 0 unspecified atom stereocenters. The van der Waals surface area contributed by atoms with E-state index in [0.29, 0.717) is 17.5 Å². The summed E-state index contributed by atoms with van der Waals surface area (Å²) in [5.74, 6) is 1.81. The van der Waals surface area contributed by atoms with Gasteiger partial charge in [0.05, 0.1) is 0 Å². The lowest BCUT2D eigenvalue weighted by atomic mass is 9.92. The highest BCUT2D eigenvalue weighted by atomic mass is 32.1. The molecule has 12 aromatic rings. The zero-order valence-electron chi connectivity index (χ0n) is 32.7. The first-order valence-electron chi connectivity index (χ1n) is 20.3. The van der Waals surface area contributed by atoms with Crippen LogP contribution in [0.2, 0.25) is 0 Å². The van der Waals surface area contributed by atoms with Crippen molar-refractivity contribution >= 4 is 81.3 Å². The predicted molar refractivity (Wildman–Crippen MR) is 254 cm³/mol. The molecule has 0 saturated heterocycles. The van der Waals surface area contributed by atoms with Crippen LogP contribution in [0.1, 0.15) is 0 Å². The van der Waals surface area contributed by atoms with Gasteiger partial charge >= 0.3 is 0 Å². The zero-order valence-corrected chi connectivity index (χ0v) is 33.6. The van der Waals surface area contributed by atoms with Crippen molar-refractivity contribution in [2.45, 2.75) is 0 Å². The first-order valence-corrected chi connectivity index (χ1v) is 21.2. The topological polar surface area (TPSA) is 55.1 Å². The highest BCUT2D eigenvalue weighted by Gasteiger charge is 2.22. The minimum Gasteiger partial charge on any atom is -0.455 e. The lowest BCUT2D eigenvalue weighted by Gasteiger charge is -2.26. The van der Waals surface area contributed by atoms with E-state index in [-0.39, 0.29) is 0 Å². The van der Waals surface area contributed by atoms with Crippen LogP contribution in [0.4, 0.5) is 17.1 Å². The number of hydrogen-bond donors (Lipinski definition) is 0. The third-order valence-corrected chi connectivity index (χ3v) is 12.6. The molecule has 0 spiro atoms. The van der Waals surface area contributed by atoms with Crippen LogP contribution in [-0.2, 0) is 0 Å². The van der Waals surface area contributed by atoms with Crippen molar-refractivity contribution in [2.24, 2.45) is 0 Å². The third-order valence-electron chi connectivity index (χ3n) is 11.5. The Labute approximate surface area is 355 Å². The highest BCUT2D eigenvalue weighted by Crippen LogP contribution is 2.45. The Kier molecular flexibility index (Phi) is 8.28. The van der Waals surface area contributed by atoms with Crippen molar-refractivity contribution in [2.75, 3.05) is 4.90 Å². The van der Waals surface area contributed by atoms with Crippen LogP contribution in [0.3, 0.4) is 0 Å². The van der Waals surface area contributed by atoms with E-state index in [2.05, 4.69) is 138 Å². The zero-order chi connectivity index (χ0) is 40.3. The van der Waals surface area contributed by atoms with Gasteiger partial charge < -0.3 is 9.32 Å². The fourth-order valence-electron chi connectivity index (χ4n) is 8.66. The molecule has 6 heteroatoms. The Morgan fingerprint density at radius 3 is 1.67 bits per heavy atom. The Bertz CT molecular complexity index is 3520. The van der Waals surface area contributed by atoms with Gasteiger partial charge in [-0.15, -0.1) is 11.3 Å². The van der Waals surface area contributed by atoms with Gasteiger partial charge in [-0.25, -0.2) is 15.0 Å². The smallest absolute Gasteiger partial charge is 0.164 e. The first-order chi connectivity index (χ1) is 30.2. The average molecular weight is 799 g/mol. The van der Waals surface area contributed by atoms with Gasteiger partial charge in [0.1, 0.15) is 11.2 Å². The molecular formula is C55H34N4OS. The number of benzene rings is 9. The number of thiophene rings is 1. The van der Waals surface area contributed by atoms with E-state index >= 15 is 0 Å². The Balaban J connectivity index is 1.05. The van der Waals surface area contributed by atoms with Crippen molar-refractivity contribution in [3.8, 4) is 45.3 Å². The maximum atomic E-state index is 6.77. The van der Waals surface area contributed by atoms with E-state index in [1.54, 1.807) is 0 Å². The largest absolute Gasteiger partial charge is 0.455 e. The SMILES string of the molecule is c1ccc(-c2nc(-c3ccccc3)nc(-c3cccc4c(-c5ccc(N(c6ccccc6)c6ccc7c(c6)sc6ccccc67)cc5)cc5c6ccccc6oc5c34)n2)cc1. The summed E-state index contributed by atoms with van der Waals surface area (Å²) in [6.45, 7) is 0. The quantitative estimate of drug-likeness (QED) is 0.161. The van der Waals surface area contributed by atoms with Crippen LogP contribution >= 0.6 is 11.3 Å². The molecule has 0 fully saturated rings. The number of anilines is 3. The molecule has 0 amide bonds. The molecule has 0 aliphatic heterocycles. The summed E-state index contributed by atoms with van der Waals surface area (Å²) in [4.78, 5) is 17.7. The molecule has 0 saturated carbocycles. The standard InChI is InChI=1S/C55H34N4OS/c1-4-15-36(16-5-1)53-56-54(37-17-6-2-7-18-37)58-55(57-53)45-24-14-23-44-46(34-47-41-21-10-12-25-48(41)60-52(47)51(44)45)35-27-29-39(30-28-35)59(38-19-8-3-9-20-38)40-31-32-43-42-22-11-13-26-49(42)61-50(43)33-40/h1-34H. The minimum absolute atomic E-state index is 0.585. The molecule has 0 radical (unpaired) electrons. The van der Waals surface area contributed by atoms with Crippen molar-refractivity contribution in [1.82, 2.24) is 15.0 Å². The minimum atomic E-state index is 0.585. The second-order valence-corrected chi connectivity index (χ2v) is 16.2. The Hall–Kier alpha value is -7.93. The summed E-state index contributed by atoms with van der Waals surface area (Å²) >= 11 is 1.84. The summed E-state index contributed by atoms with van der Waals surface area (Å²) in [7, 11) is 0. The summed E-state index contributed by atoms with van der Waals surface area (Å²) in [6, 6.07) is 72.2. The summed E-state index contributed by atoms with van der Waals surface area (Å²) < 4.78 is 9.34. The predicted octanol–water partition coefficient (Wildman–Crippen LogP) is 15.4. The van der Waals surface area contributed by atoms with E-state index in [9.17, 15) is 0 Å². The first kappa shape index (κ1) is 35.1. The van der Waals surface area contributed by atoms with Gasteiger partial charge in [0.15, 0.2) is 17.5 Å². The molecule has 0 N–H and O–H groups in total. The van der Waals surface area contributed by atoms with E-state index in [0.717, 1.165) is 77.6 Å². The molecular weight excluding hydrogens is 765 g/mol. The molecule has 3 heterocycles. The number of para-hydroxylation sites is 2. The average Bonchev–Trinajstić information content (AvgIpc) is 3.90. The number of rotatable bonds is 7. The molecule has 286 valence electrons. The van der Waals surface area contributed by atoms with E-state index in [1.807, 2.05) is 84.1 Å². The number of aromatic nitrogens is 3. The van der Waals surface area contributed by atoms with Gasteiger partial charge in [0.2, 0.25) is 0 Å². The third kappa shape index (κ3) is 6.04. The molecule has 0 aliphatic rings. The summed E-state index contributed by atoms with van der Waals surface area (Å²) in [5, 5.41) is 6.69. The van der Waals surface area contributed by atoms with Crippen molar-refractivity contribution in [3.05, 3.63) is 206 Å². The molecule has 5 nitrogen and oxygen atoms in total. The second-order valence-electron chi connectivity index (χ2n) is 15.2. The second kappa shape index (κ2) is 14.4. The molecule has 0 atom stereocenters. The molecule has 0 aliphatic carbocycles. The van der Waals surface area contributed by atoms with Crippen molar-refractivity contribution in [3.63, 3.8) is 0 Å². The van der Waals surface area contributed by atoms with Crippen LogP contribution in [0.15, 0.2) is 211 Å². The van der Waals surface area contributed by atoms with Gasteiger partial charge in [0.25, 0.3) is 0 Å². The van der Waals surface area contributed by atoms with Crippen molar-refractivity contribution in [1.29, 1.82) is 0 Å². The monoisotopic (exact) mass is 798 g/mol. The van der Waals surface area contributed by atoms with Crippen LogP contribution in [0, 0.1) is 0 Å². The van der Waals surface area contributed by atoms with Crippen LogP contribution in [0.25, 0.3) is 98.2 Å². The number of fused-ring (bicyclic) bond motifs is 8. The fraction of sp³-hybridized carbons (Fsp3) is 0. The van der Waals surface area contributed by atoms with Gasteiger partial charge in [-0.05, 0) is 71.1 Å². The maximum Gasteiger partial charge on any atom is 0.164 e. The fourth-order valence-corrected chi connectivity index (χ4v) is 9.80. The maximum absolute atomic E-state index is 6.77. The lowest BCUT2D eigenvalue weighted by Crippen LogP contribution is -2.09. The van der Waals surface area contributed by atoms with Gasteiger partial charge in [-0.2, -0.15) is 0 Å². The summed E-state index contributed by atoms with van der Waals surface area (Å²) in [6.07, 6.45) is 0. The normalized spacial score (nSPS) is 11.6. The van der Waals surface area contributed by atoms with Gasteiger partial charge in [0, 0.05) is 70.1 Å². The van der Waals surface area contributed by atoms with Crippen LogP contribution in [-0.4, -0.2) is 15.0 Å². The van der Waals surface area contributed by atoms with Crippen LogP contribution in [0.5, 0.6) is 0 Å². The molecule has 61 heavy (non-hydrogen) atoms. The molecule has 3 aromatic heterocycles. The van der Waals surface area contributed by atoms with E-state index in [1.165, 1.54) is 20.2 Å². The summed E-state index contributed by atoms with van der Waals surface area (Å²) in [5.41, 5.74) is 9.84. The molecule has 9 aromatic carbocycles. The van der Waals surface area contributed by atoms with Crippen molar-refractivity contribution < 1.29 is 4.42 Å².